The maximum absolute atomic E-state index is 13.4. The van der Waals surface area contributed by atoms with Crippen molar-refractivity contribution in [3.63, 3.8) is 0 Å². The van der Waals surface area contributed by atoms with Crippen molar-refractivity contribution in [3.8, 4) is 0 Å². The molecule has 1 aromatic heterocycles. The molecule has 6 heteroatoms. The standard InChI is InChI=1S/C23H30N2O3S/c1-16(2)23(27)24(12-13-28-4)15-21(26)25-11-9-20-19(10-14-29-20)22(25)18-7-5-17(3)6-8-18/h5-8,10,14,16,22H,9,11-13,15H2,1-4H3/t22-/m1/s1. The molecule has 0 N–H and O–H groups in total. The summed E-state index contributed by atoms with van der Waals surface area (Å²) in [5, 5.41) is 2.10. The molecule has 0 aliphatic carbocycles. The molecule has 0 unspecified atom stereocenters. The lowest BCUT2D eigenvalue weighted by Gasteiger charge is -2.38. The first-order valence-electron chi connectivity index (χ1n) is 10.1. The number of rotatable bonds is 7. The van der Waals surface area contributed by atoms with E-state index in [0.29, 0.717) is 19.7 Å². The molecule has 156 valence electrons. The zero-order valence-corrected chi connectivity index (χ0v) is 18.5. The minimum Gasteiger partial charge on any atom is -0.383 e. The SMILES string of the molecule is COCCN(CC(=O)N1CCc2sccc2[C@H]1c1ccc(C)cc1)C(=O)C(C)C. The van der Waals surface area contributed by atoms with Gasteiger partial charge in [0.2, 0.25) is 11.8 Å². The topological polar surface area (TPSA) is 49.9 Å². The zero-order chi connectivity index (χ0) is 21.0. The van der Waals surface area contributed by atoms with Gasteiger partial charge in [-0.1, -0.05) is 43.7 Å². The minimum atomic E-state index is -0.155. The van der Waals surface area contributed by atoms with Crippen molar-refractivity contribution < 1.29 is 14.3 Å². The molecule has 0 radical (unpaired) electrons. The molecule has 29 heavy (non-hydrogen) atoms. The summed E-state index contributed by atoms with van der Waals surface area (Å²) in [6.45, 7) is 7.38. The molecule has 0 spiro atoms. The average Bonchev–Trinajstić information content (AvgIpc) is 3.19. The lowest BCUT2D eigenvalue weighted by atomic mass is 9.92. The Balaban J connectivity index is 1.87. The van der Waals surface area contributed by atoms with Crippen LogP contribution >= 0.6 is 11.3 Å². The van der Waals surface area contributed by atoms with Crippen LogP contribution in [0.3, 0.4) is 0 Å². The van der Waals surface area contributed by atoms with E-state index in [1.165, 1.54) is 16.0 Å². The smallest absolute Gasteiger partial charge is 0.242 e. The number of thiophene rings is 1. The third kappa shape index (κ3) is 4.87. The van der Waals surface area contributed by atoms with Crippen LogP contribution in [0.5, 0.6) is 0 Å². The summed E-state index contributed by atoms with van der Waals surface area (Å²) < 4.78 is 5.15. The number of hydrogen-bond donors (Lipinski definition) is 0. The summed E-state index contributed by atoms with van der Waals surface area (Å²) >= 11 is 1.76. The number of carbonyl (C=O) groups excluding carboxylic acids is 2. The van der Waals surface area contributed by atoms with E-state index in [0.717, 1.165) is 12.0 Å². The van der Waals surface area contributed by atoms with Crippen LogP contribution in [0.15, 0.2) is 35.7 Å². The van der Waals surface area contributed by atoms with Crippen molar-refractivity contribution >= 4 is 23.2 Å². The molecule has 3 rings (SSSR count). The van der Waals surface area contributed by atoms with Gasteiger partial charge in [-0.05, 0) is 35.9 Å². The molecular weight excluding hydrogens is 384 g/mol. The van der Waals surface area contributed by atoms with E-state index >= 15 is 0 Å². The number of benzene rings is 1. The van der Waals surface area contributed by atoms with Gasteiger partial charge in [-0.15, -0.1) is 11.3 Å². The first-order chi connectivity index (χ1) is 13.9. The summed E-state index contributed by atoms with van der Waals surface area (Å²) in [5.41, 5.74) is 3.51. The van der Waals surface area contributed by atoms with E-state index in [1.54, 1.807) is 23.3 Å². The highest BCUT2D eigenvalue weighted by atomic mass is 32.1. The van der Waals surface area contributed by atoms with Crippen LogP contribution in [0, 0.1) is 12.8 Å². The van der Waals surface area contributed by atoms with Gasteiger partial charge in [0.05, 0.1) is 19.2 Å². The number of amides is 2. The van der Waals surface area contributed by atoms with Gasteiger partial charge >= 0.3 is 0 Å². The van der Waals surface area contributed by atoms with E-state index in [2.05, 4.69) is 42.6 Å². The second-order valence-electron chi connectivity index (χ2n) is 7.86. The summed E-state index contributed by atoms with van der Waals surface area (Å²) in [4.78, 5) is 30.9. The Morgan fingerprint density at radius 2 is 1.97 bits per heavy atom. The second-order valence-corrected chi connectivity index (χ2v) is 8.86. The number of nitrogens with zero attached hydrogens (tertiary/aromatic N) is 2. The first kappa shape index (κ1) is 21.5. The Morgan fingerprint density at radius 1 is 1.24 bits per heavy atom. The predicted molar refractivity (Wildman–Crippen MR) is 116 cm³/mol. The maximum atomic E-state index is 13.4. The van der Waals surface area contributed by atoms with Crippen LogP contribution in [0.2, 0.25) is 0 Å². The fourth-order valence-corrected chi connectivity index (χ4v) is 4.68. The number of ether oxygens (including phenoxy) is 1. The van der Waals surface area contributed by atoms with Crippen molar-refractivity contribution in [2.45, 2.75) is 33.2 Å². The van der Waals surface area contributed by atoms with Crippen molar-refractivity contribution in [1.82, 2.24) is 9.80 Å². The monoisotopic (exact) mass is 414 g/mol. The molecule has 0 fully saturated rings. The Bertz CT molecular complexity index is 844. The predicted octanol–water partition coefficient (Wildman–Crippen LogP) is 3.66. The Hall–Kier alpha value is -2.18. The second kappa shape index (κ2) is 9.55. The molecule has 2 amide bonds. The fraction of sp³-hybridized carbons (Fsp3) is 0.478. The van der Waals surface area contributed by atoms with Crippen molar-refractivity contribution in [2.24, 2.45) is 5.92 Å². The highest BCUT2D eigenvalue weighted by molar-refractivity contribution is 7.10. The molecule has 5 nitrogen and oxygen atoms in total. The van der Waals surface area contributed by atoms with E-state index in [1.807, 2.05) is 18.7 Å². The van der Waals surface area contributed by atoms with Gasteiger partial charge in [-0.25, -0.2) is 0 Å². The maximum Gasteiger partial charge on any atom is 0.242 e. The van der Waals surface area contributed by atoms with Crippen molar-refractivity contribution in [2.75, 3.05) is 33.4 Å². The largest absolute Gasteiger partial charge is 0.383 e. The number of hydrogen-bond acceptors (Lipinski definition) is 4. The molecule has 2 aromatic rings. The van der Waals surface area contributed by atoms with E-state index < -0.39 is 0 Å². The van der Waals surface area contributed by atoms with Gasteiger partial charge < -0.3 is 14.5 Å². The number of carbonyl (C=O) groups is 2. The van der Waals surface area contributed by atoms with E-state index in [-0.39, 0.29) is 30.3 Å². The van der Waals surface area contributed by atoms with Crippen LogP contribution in [0.4, 0.5) is 0 Å². The molecule has 0 saturated carbocycles. The summed E-state index contributed by atoms with van der Waals surface area (Å²) in [6, 6.07) is 10.4. The lowest BCUT2D eigenvalue weighted by molar-refractivity contribution is -0.143. The van der Waals surface area contributed by atoms with Gasteiger partial charge in [0.15, 0.2) is 0 Å². The summed E-state index contributed by atoms with van der Waals surface area (Å²) in [7, 11) is 1.61. The van der Waals surface area contributed by atoms with Crippen LogP contribution in [0.25, 0.3) is 0 Å². The van der Waals surface area contributed by atoms with Gasteiger partial charge in [0.1, 0.15) is 0 Å². The molecule has 0 bridgehead atoms. The third-order valence-electron chi connectivity index (χ3n) is 5.38. The summed E-state index contributed by atoms with van der Waals surface area (Å²) in [6.07, 6.45) is 0.858. The third-order valence-corrected chi connectivity index (χ3v) is 6.37. The molecule has 1 aromatic carbocycles. The molecular formula is C23H30N2O3S. The van der Waals surface area contributed by atoms with Crippen molar-refractivity contribution in [1.29, 1.82) is 0 Å². The molecule has 2 heterocycles. The number of aryl methyl sites for hydroxylation is 1. The van der Waals surface area contributed by atoms with Gasteiger partial charge in [-0.3, -0.25) is 9.59 Å². The first-order valence-corrected chi connectivity index (χ1v) is 11.0. The Kier molecular flexibility index (Phi) is 7.09. The highest BCUT2D eigenvalue weighted by Crippen LogP contribution is 2.37. The van der Waals surface area contributed by atoms with Crippen LogP contribution in [-0.2, 0) is 20.7 Å². The van der Waals surface area contributed by atoms with Crippen LogP contribution < -0.4 is 0 Å². The van der Waals surface area contributed by atoms with E-state index in [9.17, 15) is 9.59 Å². The zero-order valence-electron chi connectivity index (χ0n) is 17.7. The Labute approximate surface area is 177 Å². The van der Waals surface area contributed by atoms with E-state index in [4.69, 9.17) is 4.74 Å². The highest BCUT2D eigenvalue weighted by Gasteiger charge is 2.34. The fourth-order valence-electron chi connectivity index (χ4n) is 3.78. The van der Waals surface area contributed by atoms with Crippen LogP contribution in [0.1, 0.15) is 41.5 Å². The minimum absolute atomic E-state index is 0.0162. The van der Waals surface area contributed by atoms with Gasteiger partial charge in [-0.2, -0.15) is 0 Å². The Morgan fingerprint density at radius 3 is 2.62 bits per heavy atom. The quantitative estimate of drug-likeness (QED) is 0.695. The number of fused-ring (bicyclic) bond motifs is 1. The summed E-state index contributed by atoms with van der Waals surface area (Å²) in [5.74, 6) is -0.189. The lowest BCUT2D eigenvalue weighted by Crippen LogP contribution is -2.48. The van der Waals surface area contributed by atoms with Gasteiger partial charge in [0.25, 0.3) is 0 Å². The van der Waals surface area contributed by atoms with Gasteiger partial charge in [0, 0.05) is 31.0 Å². The average molecular weight is 415 g/mol. The normalized spacial score (nSPS) is 16.0. The molecule has 1 aliphatic heterocycles. The van der Waals surface area contributed by atoms with Crippen LogP contribution in [-0.4, -0.2) is 55.0 Å². The van der Waals surface area contributed by atoms with Crippen molar-refractivity contribution in [3.05, 3.63) is 57.3 Å². The molecule has 1 atom stereocenters. The molecule has 0 saturated heterocycles. The number of methoxy groups -OCH3 is 1. The molecule has 1 aliphatic rings.